The molecule has 1 aromatic rings. The van der Waals surface area contributed by atoms with Crippen LogP contribution in [-0.2, 0) is 0 Å². The number of nitrogens with one attached hydrogen (secondary N) is 1. The lowest BCUT2D eigenvalue weighted by molar-refractivity contribution is 0.100. The van der Waals surface area contributed by atoms with Gasteiger partial charge in [-0.25, -0.2) is 4.39 Å². The Balaban J connectivity index is 2.88. The van der Waals surface area contributed by atoms with Gasteiger partial charge in [-0.3, -0.25) is 4.79 Å². The minimum absolute atomic E-state index is 0.369. The van der Waals surface area contributed by atoms with Gasteiger partial charge >= 0.3 is 0 Å². The van der Waals surface area contributed by atoms with Crippen LogP contribution in [-0.4, -0.2) is 12.7 Å². The molecule has 0 radical (unpaired) electrons. The zero-order chi connectivity index (χ0) is 8.97. The minimum atomic E-state index is -0.664. The summed E-state index contributed by atoms with van der Waals surface area (Å²) < 4.78 is 11.8. The predicted molar refractivity (Wildman–Crippen MR) is 44.6 cm³/mol. The first-order valence-electron chi connectivity index (χ1n) is 3.43. The molecule has 4 heteroatoms. The van der Waals surface area contributed by atoms with Gasteiger partial charge in [-0.15, -0.1) is 0 Å². The smallest absolute Gasteiger partial charge is 0.248 e. The van der Waals surface area contributed by atoms with Gasteiger partial charge in [0.1, 0.15) is 0 Å². The summed E-state index contributed by atoms with van der Waals surface area (Å²) in [5, 5.41) is 2.43. The fraction of sp³-hybridized carbons (Fsp3) is 0.125. The lowest BCUT2D eigenvalue weighted by Crippen LogP contribution is -2.11. The van der Waals surface area contributed by atoms with Crippen LogP contribution in [0.5, 0.6) is 0 Å². The first-order valence-corrected chi connectivity index (χ1v) is 3.43. The molecule has 0 saturated heterocycles. The number of amides is 1. The van der Waals surface area contributed by atoms with Crippen LogP contribution >= 0.6 is 0 Å². The van der Waals surface area contributed by atoms with Crippen LogP contribution in [0.2, 0.25) is 0 Å². The Morgan fingerprint density at radius 2 is 2.33 bits per heavy atom. The Kier molecular flexibility index (Phi) is 2.63. The molecular weight excluding hydrogens is 159 g/mol. The SMILES string of the molecule is NC(=O)c1cccc(NCF)c1. The summed E-state index contributed by atoms with van der Waals surface area (Å²) in [6.07, 6.45) is 0. The molecular formula is C8H9FN2O. The summed E-state index contributed by atoms with van der Waals surface area (Å²) in [7, 11) is 0. The molecule has 0 bridgehead atoms. The van der Waals surface area contributed by atoms with Crippen LogP contribution in [0.1, 0.15) is 10.4 Å². The van der Waals surface area contributed by atoms with Gasteiger partial charge in [0.25, 0.3) is 0 Å². The second-order valence-corrected chi connectivity index (χ2v) is 2.26. The average Bonchev–Trinajstić information content (AvgIpc) is 2.05. The zero-order valence-corrected chi connectivity index (χ0v) is 6.38. The summed E-state index contributed by atoms with van der Waals surface area (Å²) in [4.78, 5) is 10.7. The van der Waals surface area contributed by atoms with E-state index in [1.165, 1.54) is 6.07 Å². The third kappa shape index (κ3) is 1.95. The molecule has 64 valence electrons. The van der Waals surface area contributed by atoms with Crippen molar-refractivity contribution < 1.29 is 9.18 Å². The van der Waals surface area contributed by atoms with Gasteiger partial charge in [-0.1, -0.05) is 6.07 Å². The standard InChI is InChI=1S/C8H9FN2O/c9-5-11-7-3-1-2-6(4-7)8(10)12/h1-4,11H,5H2,(H2,10,12). The fourth-order valence-corrected chi connectivity index (χ4v) is 0.860. The topological polar surface area (TPSA) is 55.1 Å². The summed E-state index contributed by atoms with van der Waals surface area (Å²) in [5.74, 6) is -0.516. The Hall–Kier alpha value is -1.58. The summed E-state index contributed by atoms with van der Waals surface area (Å²) in [5.41, 5.74) is 5.94. The number of alkyl halides is 1. The quantitative estimate of drug-likeness (QED) is 0.664. The lowest BCUT2D eigenvalue weighted by atomic mass is 10.2. The van der Waals surface area contributed by atoms with E-state index < -0.39 is 12.7 Å². The number of anilines is 1. The van der Waals surface area contributed by atoms with Crippen molar-refractivity contribution in [1.82, 2.24) is 0 Å². The highest BCUT2D eigenvalue weighted by Crippen LogP contribution is 2.09. The van der Waals surface area contributed by atoms with E-state index in [-0.39, 0.29) is 0 Å². The number of nitrogens with two attached hydrogens (primary N) is 1. The number of carbonyl (C=O) groups is 1. The molecule has 0 spiro atoms. The first-order chi connectivity index (χ1) is 5.74. The Morgan fingerprint density at radius 3 is 2.92 bits per heavy atom. The fourth-order valence-electron chi connectivity index (χ4n) is 0.860. The third-order valence-corrected chi connectivity index (χ3v) is 1.42. The number of primary amides is 1. The van der Waals surface area contributed by atoms with Crippen molar-refractivity contribution in [3.63, 3.8) is 0 Å². The molecule has 3 nitrogen and oxygen atoms in total. The number of hydrogen-bond acceptors (Lipinski definition) is 2. The van der Waals surface area contributed by atoms with E-state index in [9.17, 15) is 9.18 Å². The van der Waals surface area contributed by atoms with Gasteiger partial charge < -0.3 is 11.1 Å². The molecule has 3 N–H and O–H groups in total. The van der Waals surface area contributed by atoms with E-state index in [1.54, 1.807) is 18.2 Å². The van der Waals surface area contributed by atoms with Crippen LogP contribution in [0.25, 0.3) is 0 Å². The average molecular weight is 168 g/mol. The Morgan fingerprint density at radius 1 is 1.58 bits per heavy atom. The largest absolute Gasteiger partial charge is 0.366 e. The summed E-state index contributed by atoms with van der Waals surface area (Å²) in [6, 6.07) is 6.37. The van der Waals surface area contributed by atoms with E-state index >= 15 is 0 Å². The molecule has 0 unspecified atom stereocenters. The second kappa shape index (κ2) is 3.71. The maximum Gasteiger partial charge on any atom is 0.248 e. The molecule has 1 amide bonds. The van der Waals surface area contributed by atoms with Crippen molar-refractivity contribution in [2.75, 3.05) is 12.1 Å². The molecule has 0 saturated carbocycles. The lowest BCUT2D eigenvalue weighted by Gasteiger charge is -2.01. The van der Waals surface area contributed by atoms with Crippen LogP contribution in [0.3, 0.4) is 0 Å². The van der Waals surface area contributed by atoms with E-state index in [1.807, 2.05) is 0 Å². The minimum Gasteiger partial charge on any atom is -0.366 e. The molecule has 0 aromatic heterocycles. The molecule has 0 aliphatic rings. The van der Waals surface area contributed by atoms with Crippen molar-refractivity contribution in [3.05, 3.63) is 29.8 Å². The van der Waals surface area contributed by atoms with E-state index in [4.69, 9.17) is 5.73 Å². The van der Waals surface area contributed by atoms with Crippen molar-refractivity contribution in [2.24, 2.45) is 5.73 Å². The normalized spacial score (nSPS) is 9.42. The third-order valence-electron chi connectivity index (χ3n) is 1.42. The van der Waals surface area contributed by atoms with E-state index in [0.29, 0.717) is 11.3 Å². The number of rotatable bonds is 3. The van der Waals surface area contributed by atoms with Crippen LogP contribution < -0.4 is 11.1 Å². The number of hydrogen-bond donors (Lipinski definition) is 2. The van der Waals surface area contributed by atoms with Gasteiger partial charge in [0.05, 0.1) is 0 Å². The van der Waals surface area contributed by atoms with Crippen molar-refractivity contribution in [1.29, 1.82) is 0 Å². The molecule has 0 aliphatic heterocycles. The summed E-state index contributed by atoms with van der Waals surface area (Å²) >= 11 is 0. The van der Waals surface area contributed by atoms with Gasteiger partial charge in [-0.2, -0.15) is 0 Å². The molecule has 1 rings (SSSR count). The molecule has 12 heavy (non-hydrogen) atoms. The molecule has 0 aliphatic carbocycles. The van der Waals surface area contributed by atoms with E-state index in [2.05, 4.69) is 5.32 Å². The van der Waals surface area contributed by atoms with E-state index in [0.717, 1.165) is 0 Å². The Bertz CT molecular complexity index is 288. The number of halogens is 1. The van der Waals surface area contributed by atoms with Crippen molar-refractivity contribution in [3.8, 4) is 0 Å². The molecule has 0 fully saturated rings. The second-order valence-electron chi connectivity index (χ2n) is 2.26. The molecule has 0 atom stereocenters. The predicted octanol–water partition coefficient (Wildman–Crippen LogP) is 1.12. The van der Waals surface area contributed by atoms with Gasteiger partial charge in [-0.05, 0) is 18.2 Å². The summed E-state index contributed by atoms with van der Waals surface area (Å²) in [6.45, 7) is -0.664. The number of benzene rings is 1. The van der Waals surface area contributed by atoms with Gasteiger partial charge in [0.15, 0.2) is 6.80 Å². The maximum atomic E-state index is 11.8. The van der Waals surface area contributed by atoms with Gasteiger partial charge in [0, 0.05) is 11.3 Å². The first kappa shape index (κ1) is 8.52. The maximum absolute atomic E-state index is 11.8. The van der Waals surface area contributed by atoms with Gasteiger partial charge in [0.2, 0.25) is 5.91 Å². The van der Waals surface area contributed by atoms with Crippen LogP contribution in [0.4, 0.5) is 10.1 Å². The van der Waals surface area contributed by atoms with Crippen LogP contribution in [0, 0.1) is 0 Å². The number of carbonyl (C=O) groups excluding carboxylic acids is 1. The molecule has 1 aromatic carbocycles. The highest BCUT2D eigenvalue weighted by Gasteiger charge is 1.99. The van der Waals surface area contributed by atoms with Crippen LogP contribution in [0.15, 0.2) is 24.3 Å². The zero-order valence-electron chi connectivity index (χ0n) is 6.38. The van der Waals surface area contributed by atoms with Crippen molar-refractivity contribution >= 4 is 11.6 Å². The Labute approximate surface area is 69.4 Å². The molecule has 0 heterocycles. The monoisotopic (exact) mass is 168 g/mol. The highest BCUT2D eigenvalue weighted by atomic mass is 19.1. The highest BCUT2D eigenvalue weighted by molar-refractivity contribution is 5.93. The van der Waals surface area contributed by atoms with Crippen molar-refractivity contribution in [2.45, 2.75) is 0 Å².